The third kappa shape index (κ3) is 4.66. The lowest BCUT2D eigenvalue weighted by molar-refractivity contribution is -0.122. The summed E-state index contributed by atoms with van der Waals surface area (Å²) >= 11 is 0. The van der Waals surface area contributed by atoms with E-state index in [9.17, 15) is 9.90 Å². The van der Waals surface area contributed by atoms with E-state index < -0.39 is 0 Å². The maximum absolute atomic E-state index is 12.0. The Balaban J connectivity index is 1.81. The highest BCUT2D eigenvalue weighted by Crippen LogP contribution is 2.14. The molecule has 2 rings (SSSR count). The molecule has 1 amide bonds. The van der Waals surface area contributed by atoms with Crippen LogP contribution in [0.3, 0.4) is 0 Å². The third-order valence-electron chi connectivity index (χ3n) is 3.57. The van der Waals surface area contributed by atoms with E-state index in [0.29, 0.717) is 19.4 Å². The number of hydrogen-bond donors (Lipinski definition) is 2. The highest BCUT2D eigenvalue weighted by Gasteiger charge is 2.13. The van der Waals surface area contributed by atoms with Gasteiger partial charge in [-0.05, 0) is 24.0 Å². The van der Waals surface area contributed by atoms with Crippen molar-refractivity contribution in [1.29, 1.82) is 0 Å². The van der Waals surface area contributed by atoms with Crippen molar-refractivity contribution in [3.05, 3.63) is 47.8 Å². The average molecular weight is 302 g/mol. The average Bonchev–Trinajstić information content (AvgIpc) is 3.06. The second-order valence-electron chi connectivity index (χ2n) is 5.17. The zero-order chi connectivity index (χ0) is 15.8. The van der Waals surface area contributed by atoms with Gasteiger partial charge in [0.05, 0.1) is 18.8 Å². The molecule has 1 atom stereocenters. The predicted molar refractivity (Wildman–Crippen MR) is 83.0 cm³/mol. The number of aliphatic hydroxyl groups is 1. The zero-order valence-corrected chi connectivity index (χ0v) is 12.8. The second-order valence-corrected chi connectivity index (χ2v) is 5.17. The Kier molecular flexibility index (Phi) is 6.09. The number of benzene rings is 1. The molecule has 0 bridgehead atoms. The van der Waals surface area contributed by atoms with Crippen LogP contribution < -0.4 is 5.32 Å². The first-order valence-corrected chi connectivity index (χ1v) is 7.56. The fourth-order valence-corrected chi connectivity index (χ4v) is 2.24. The van der Waals surface area contributed by atoms with Gasteiger partial charge in [-0.15, -0.1) is 5.10 Å². The van der Waals surface area contributed by atoms with Crippen molar-refractivity contribution in [2.45, 2.75) is 38.8 Å². The molecule has 0 aliphatic rings. The largest absolute Gasteiger partial charge is 0.394 e. The molecule has 0 radical (unpaired) electrons. The zero-order valence-electron chi connectivity index (χ0n) is 12.8. The number of rotatable bonds is 8. The summed E-state index contributed by atoms with van der Waals surface area (Å²) in [5.41, 5.74) is 2.16. The molecule has 0 aliphatic carbocycles. The smallest absolute Gasteiger partial charge is 0.220 e. The molecule has 1 aromatic heterocycles. The van der Waals surface area contributed by atoms with E-state index in [4.69, 9.17) is 0 Å². The molecule has 1 heterocycles. The molecule has 2 aromatic rings. The van der Waals surface area contributed by atoms with E-state index in [1.807, 2.05) is 24.3 Å². The van der Waals surface area contributed by atoms with Crippen LogP contribution in [-0.2, 0) is 17.8 Å². The first-order valence-electron chi connectivity index (χ1n) is 7.56. The molecule has 1 aromatic carbocycles. The van der Waals surface area contributed by atoms with Crippen molar-refractivity contribution in [2.75, 3.05) is 6.61 Å². The van der Waals surface area contributed by atoms with Crippen LogP contribution in [0.25, 0.3) is 0 Å². The molecule has 6 heteroatoms. The van der Waals surface area contributed by atoms with Crippen LogP contribution in [0, 0.1) is 0 Å². The van der Waals surface area contributed by atoms with Crippen molar-refractivity contribution >= 4 is 5.91 Å². The first kappa shape index (κ1) is 16.2. The van der Waals surface area contributed by atoms with E-state index >= 15 is 0 Å². The Labute approximate surface area is 130 Å². The Morgan fingerprint density at radius 2 is 2.14 bits per heavy atom. The van der Waals surface area contributed by atoms with Crippen molar-refractivity contribution in [1.82, 2.24) is 20.3 Å². The maximum atomic E-state index is 12.0. The highest BCUT2D eigenvalue weighted by atomic mass is 16.3. The second kappa shape index (κ2) is 8.29. The number of aryl methyl sites for hydroxylation is 2. The molecule has 0 fully saturated rings. The minimum Gasteiger partial charge on any atom is -0.394 e. The summed E-state index contributed by atoms with van der Waals surface area (Å²) < 4.78 is 1.69. The number of nitrogens with one attached hydrogen (secondary N) is 1. The van der Waals surface area contributed by atoms with Crippen LogP contribution >= 0.6 is 0 Å². The molecule has 2 N–H and O–H groups in total. The van der Waals surface area contributed by atoms with Crippen molar-refractivity contribution in [3.8, 4) is 0 Å². The Morgan fingerprint density at radius 1 is 1.36 bits per heavy atom. The van der Waals surface area contributed by atoms with Gasteiger partial charge in [0.15, 0.2) is 0 Å². The summed E-state index contributed by atoms with van der Waals surface area (Å²) in [6, 6.07) is 7.60. The summed E-state index contributed by atoms with van der Waals surface area (Å²) in [7, 11) is 0. The minimum absolute atomic E-state index is 0.0706. The molecule has 118 valence electrons. The van der Waals surface area contributed by atoms with Crippen LogP contribution in [-0.4, -0.2) is 32.6 Å². The van der Waals surface area contributed by atoms with Crippen LogP contribution in [0.1, 0.15) is 36.9 Å². The fourth-order valence-electron chi connectivity index (χ4n) is 2.24. The lowest BCUT2D eigenvalue weighted by Gasteiger charge is -2.17. The summed E-state index contributed by atoms with van der Waals surface area (Å²) in [6.07, 6.45) is 5.43. The van der Waals surface area contributed by atoms with Gasteiger partial charge in [-0.25, -0.2) is 0 Å². The van der Waals surface area contributed by atoms with Gasteiger partial charge in [0.2, 0.25) is 5.91 Å². The van der Waals surface area contributed by atoms with Crippen LogP contribution in [0.15, 0.2) is 36.7 Å². The molecule has 0 aliphatic heterocycles. The molecule has 6 nitrogen and oxygen atoms in total. The van der Waals surface area contributed by atoms with Gasteiger partial charge < -0.3 is 10.4 Å². The van der Waals surface area contributed by atoms with Gasteiger partial charge >= 0.3 is 0 Å². The molecule has 1 unspecified atom stereocenters. The number of aliphatic hydroxyl groups excluding tert-OH is 1. The fraction of sp³-hybridized carbons (Fsp3) is 0.438. The van der Waals surface area contributed by atoms with E-state index in [2.05, 4.69) is 22.6 Å². The maximum Gasteiger partial charge on any atom is 0.220 e. The Morgan fingerprint density at radius 3 is 2.73 bits per heavy atom. The van der Waals surface area contributed by atoms with Gasteiger partial charge in [-0.1, -0.05) is 36.4 Å². The number of hydrogen-bond acceptors (Lipinski definition) is 4. The van der Waals surface area contributed by atoms with Crippen LogP contribution in [0.2, 0.25) is 0 Å². The van der Waals surface area contributed by atoms with Gasteiger partial charge in [0.25, 0.3) is 0 Å². The van der Waals surface area contributed by atoms with Crippen molar-refractivity contribution in [3.63, 3.8) is 0 Å². The topological polar surface area (TPSA) is 80.0 Å². The third-order valence-corrected chi connectivity index (χ3v) is 3.57. The van der Waals surface area contributed by atoms with Crippen LogP contribution in [0.4, 0.5) is 0 Å². The highest BCUT2D eigenvalue weighted by molar-refractivity contribution is 5.76. The lowest BCUT2D eigenvalue weighted by atomic mass is 10.0. The van der Waals surface area contributed by atoms with Crippen LogP contribution in [0.5, 0.6) is 0 Å². The first-order chi connectivity index (χ1) is 10.7. The van der Waals surface area contributed by atoms with Crippen molar-refractivity contribution in [2.24, 2.45) is 0 Å². The van der Waals surface area contributed by atoms with Gasteiger partial charge in [-0.3, -0.25) is 9.48 Å². The molecular weight excluding hydrogens is 280 g/mol. The Hall–Kier alpha value is -2.21. The normalized spacial score (nSPS) is 12.1. The number of nitrogens with zero attached hydrogens (tertiary/aromatic N) is 3. The van der Waals surface area contributed by atoms with E-state index in [0.717, 1.165) is 12.0 Å². The van der Waals surface area contributed by atoms with Gasteiger partial charge in [0, 0.05) is 19.2 Å². The monoisotopic (exact) mass is 302 g/mol. The number of carbonyl (C=O) groups excluding carboxylic acids is 1. The van der Waals surface area contributed by atoms with Crippen molar-refractivity contribution < 1.29 is 9.90 Å². The van der Waals surface area contributed by atoms with E-state index in [1.54, 1.807) is 17.1 Å². The quantitative estimate of drug-likeness (QED) is 0.774. The standard InChI is InChI=1S/C16H22N4O2/c1-2-13-5-7-14(8-6-13)15(12-21)18-16(22)4-3-10-20-11-9-17-19-20/h5-9,11,15,21H,2-4,10,12H2,1H3,(H,18,22). The number of aromatic nitrogens is 3. The van der Waals surface area contributed by atoms with E-state index in [1.165, 1.54) is 5.56 Å². The van der Waals surface area contributed by atoms with Gasteiger partial charge in [-0.2, -0.15) is 0 Å². The summed E-state index contributed by atoms with van der Waals surface area (Å²) in [6.45, 7) is 2.64. The minimum atomic E-state index is -0.357. The van der Waals surface area contributed by atoms with E-state index in [-0.39, 0.29) is 18.6 Å². The summed E-state index contributed by atoms with van der Waals surface area (Å²) in [5.74, 6) is -0.0706. The lowest BCUT2D eigenvalue weighted by Crippen LogP contribution is -2.30. The SMILES string of the molecule is CCc1ccc(C(CO)NC(=O)CCCn2ccnn2)cc1. The molecule has 0 spiro atoms. The Bertz CT molecular complexity index is 566. The van der Waals surface area contributed by atoms with Gasteiger partial charge in [0.1, 0.15) is 0 Å². The predicted octanol–water partition coefficient (Wildman–Crippen LogP) is 1.47. The molecule has 22 heavy (non-hydrogen) atoms. The number of carbonyl (C=O) groups is 1. The summed E-state index contributed by atoms with van der Waals surface area (Å²) in [5, 5.41) is 19.9. The summed E-state index contributed by atoms with van der Waals surface area (Å²) in [4.78, 5) is 12.0. The molecule has 0 saturated carbocycles. The molecule has 0 saturated heterocycles. The molecular formula is C16H22N4O2. The number of amides is 1.